The number of fused-ring (bicyclic) bond motifs is 4. The van der Waals surface area contributed by atoms with Gasteiger partial charge in [0.05, 0.1) is 29.1 Å². The van der Waals surface area contributed by atoms with Gasteiger partial charge in [0.15, 0.2) is 10.9 Å². The van der Waals surface area contributed by atoms with Crippen LogP contribution in [0.4, 0.5) is 0 Å². The van der Waals surface area contributed by atoms with E-state index in [2.05, 4.69) is 23.2 Å². The number of hydrogen-bond donors (Lipinski definition) is 0. The molecule has 0 fully saturated rings. The second-order valence-corrected chi connectivity index (χ2v) is 9.26. The van der Waals surface area contributed by atoms with Crippen molar-refractivity contribution in [2.45, 2.75) is 44.4 Å². The van der Waals surface area contributed by atoms with Crippen LogP contribution in [-0.2, 0) is 13.1 Å². The molecule has 0 aliphatic heterocycles. The van der Waals surface area contributed by atoms with Crippen molar-refractivity contribution in [1.29, 1.82) is 5.26 Å². The van der Waals surface area contributed by atoms with Crippen LogP contribution >= 0.6 is 11.8 Å². The Bertz CT molecular complexity index is 1660. The van der Waals surface area contributed by atoms with Gasteiger partial charge in [-0.05, 0) is 24.6 Å². The molecule has 9 heteroatoms. The molecular formula is C26H24N6O2S. The zero-order valence-corrected chi connectivity index (χ0v) is 20.2. The van der Waals surface area contributed by atoms with E-state index in [0.717, 1.165) is 29.3 Å². The summed E-state index contributed by atoms with van der Waals surface area (Å²) in [6.07, 6.45) is 4.03. The molecular weight excluding hydrogens is 460 g/mol. The third-order valence-electron chi connectivity index (χ3n) is 6.10. The highest BCUT2D eigenvalue weighted by Crippen LogP contribution is 2.26. The van der Waals surface area contributed by atoms with Gasteiger partial charge in [0.2, 0.25) is 5.78 Å². The van der Waals surface area contributed by atoms with Gasteiger partial charge in [-0.1, -0.05) is 55.4 Å². The summed E-state index contributed by atoms with van der Waals surface area (Å²) >= 11 is 1.31. The predicted octanol–water partition coefficient (Wildman–Crippen LogP) is 4.69. The molecule has 0 spiro atoms. The van der Waals surface area contributed by atoms with E-state index in [9.17, 15) is 9.59 Å². The first-order valence-corrected chi connectivity index (χ1v) is 12.6. The van der Waals surface area contributed by atoms with Gasteiger partial charge in [0.25, 0.3) is 5.56 Å². The van der Waals surface area contributed by atoms with Gasteiger partial charge in [-0.3, -0.25) is 18.6 Å². The Hall–Kier alpha value is -3.90. The smallest absolute Gasteiger partial charge is 0.262 e. The number of nitriles is 1. The zero-order chi connectivity index (χ0) is 24.4. The number of hydrogen-bond acceptors (Lipinski definition) is 6. The molecule has 8 nitrogen and oxygen atoms in total. The number of aromatic nitrogens is 5. The fourth-order valence-electron chi connectivity index (χ4n) is 4.38. The summed E-state index contributed by atoms with van der Waals surface area (Å²) in [4.78, 5) is 26.4. The van der Waals surface area contributed by atoms with Gasteiger partial charge in [-0.15, -0.1) is 10.2 Å². The number of para-hydroxylation sites is 2. The van der Waals surface area contributed by atoms with E-state index < -0.39 is 0 Å². The second kappa shape index (κ2) is 9.76. The van der Waals surface area contributed by atoms with E-state index in [0.29, 0.717) is 41.4 Å². The topological polar surface area (TPSA) is 98.0 Å². The lowest BCUT2D eigenvalue weighted by molar-refractivity contribution is 0.102. The SMILES string of the molecule is CCCCn1c(=O)c2ccccc2n2c(SCC(=O)c3cn(CCC#N)c4ccccc34)nnc12. The first kappa shape index (κ1) is 22.9. The molecule has 0 radical (unpaired) electrons. The first-order chi connectivity index (χ1) is 17.1. The number of aryl methyl sites for hydroxylation is 2. The lowest BCUT2D eigenvalue weighted by Crippen LogP contribution is -2.23. The van der Waals surface area contributed by atoms with Crippen molar-refractivity contribution in [1.82, 2.24) is 23.7 Å². The van der Waals surface area contributed by atoms with Gasteiger partial charge in [-0.25, -0.2) is 0 Å². The highest BCUT2D eigenvalue weighted by molar-refractivity contribution is 7.99. The summed E-state index contributed by atoms with van der Waals surface area (Å²) in [5, 5.41) is 19.7. The van der Waals surface area contributed by atoms with Gasteiger partial charge in [0, 0.05) is 35.8 Å². The Morgan fingerprint density at radius 1 is 1.03 bits per heavy atom. The molecule has 3 aromatic heterocycles. The van der Waals surface area contributed by atoms with E-state index in [1.165, 1.54) is 11.8 Å². The van der Waals surface area contributed by atoms with Crippen molar-refractivity contribution < 1.29 is 4.79 Å². The fourth-order valence-corrected chi connectivity index (χ4v) is 5.20. The monoisotopic (exact) mass is 484 g/mol. The van der Waals surface area contributed by atoms with Gasteiger partial charge in [0.1, 0.15) is 0 Å². The van der Waals surface area contributed by atoms with E-state index >= 15 is 0 Å². The normalized spacial score (nSPS) is 11.4. The molecule has 0 amide bonds. The molecule has 2 aromatic carbocycles. The lowest BCUT2D eigenvalue weighted by atomic mass is 10.1. The summed E-state index contributed by atoms with van der Waals surface area (Å²) in [6.45, 7) is 3.18. The Labute approximate surface area is 205 Å². The number of ketones is 1. The van der Waals surface area contributed by atoms with Crippen LogP contribution in [-0.4, -0.2) is 35.3 Å². The van der Waals surface area contributed by atoms with Crippen LogP contribution in [0.15, 0.2) is 64.7 Å². The minimum Gasteiger partial charge on any atom is -0.346 e. The molecule has 0 aliphatic rings. The van der Waals surface area contributed by atoms with Gasteiger partial charge >= 0.3 is 0 Å². The zero-order valence-electron chi connectivity index (χ0n) is 19.3. The van der Waals surface area contributed by atoms with Gasteiger partial charge < -0.3 is 4.57 Å². The second-order valence-electron chi connectivity index (χ2n) is 8.32. The number of benzene rings is 2. The fraction of sp³-hybridized carbons (Fsp3) is 0.269. The Morgan fingerprint density at radius 3 is 2.54 bits per heavy atom. The molecule has 0 bridgehead atoms. The largest absolute Gasteiger partial charge is 0.346 e. The Morgan fingerprint density at radius 2 is 1.77 bits per heavy atom. The third kappa shape index (κ3) is 4.10. The maximum Gasteiger partial charge on any atom is 0.262 e. The summed E-state index contributed by atoms with van der Waals surface area (Å²) in [5.74, 6) is 0.641. The molecule has 0 unspecified atom stereocenters. The molecule has 5 rings (SSSR count). The van der Waals surface area contributed by atoms with Crippen molar-refractivity contribution in [2.75, 3.05) is 5.75 Å². The van der Waals surface area contributed by atoms with Crippen molar-refractivity contribution in [3.8, 4) is 6.07 Å². The van der Waals surface area contributed by atoms with Crippen molar-refractivity contribution in [3.63, 3.8) is 0 Å². The number of rotatable bonds is 9. The van der Waals surface area contributed by atoms with Crippen molar-refractivity contribution in [3.05, 3.63) is 70.6 Å². The molecule has 35 heavy (non-hydrogen) atoms. The van der Waals surface area contributed by atoms with E-state index in [1.807, 2.05) is 63.7 Å². The Kier molecular flexibility index (Phi) is 6.38. The average molecular weight is 485 g/mol. The molecule has 0 N–H and O–H groups in total. The standard InChI is InChI=1S/C26H24N6O2S/c1-2-3-15-31-24(34)19-10-5-7-12-22(19)32-25(31)28-29-26(32)35-17-23(33)20-16-30(14-8-13-27)21-11-6-4-9-18(20)21/h4-7,9-12,16H,2-3,8,14-15,17H2,1H3. The number of Topliss-reactive ketones (excluding diaryl/α,β-unsaturated/α-hetero) is 1. The number of nitrogens with zero attached hydrogens (tertiary/aromatic N) is 6. The molecule has 5 aromatic rings. The van der Waals surface area contributed by atoms with Crippen molar-refractivity contribution >= 4 is 45.1 Å². The van der Waals surface area contributed by atoms with Gasteiger partial charge in [-0.2, -0.15) is 5.26 Å². The van der Waals surface area contributed by atoms with E-state index in [1.54, 1.807) is 4.57 Å². The number of carbonyl (C=O) groups excluding carboxylic acids is 1. The van der Waals surface area contributed by atoms with Crippen LogP contribution in [0.25, 0.3) is 27.6 Å². The maximum atomic E-state index is 13.3. The van der Waals surface area contributed by atoms with Crippen LogP contribution < -0.4 is 5.56 Å². The quantitative estimate of drug-likeness (QED) is 0.222. The maximum absolute atomic E-state index is 13.3. The lowest BCUT2D eigenvalue weighted by Gasteiger charge is -2.10. The molecule has 0 saturated carbocycles. The molecule has 0 aliphatic carbocycles. The summed E-state index contributed by atoms with van der Waals surface area (Å²) in [7, 11) is 0. The summed E-state index contributed by atoms with van der Waals surface area (Å²) in [6, 6.07) is 17.3. The van der Waals surface area contributed by atoms with E-state index in [-0.39, 0.29) is 17.1 Å². The molecule has 0 atom stereocenters. The predicted molar refractivity (Wildman–Crippen MR) is 137 cm³/mol. The number of unbranched alkanes of at least 4 members (excludes halogenated alkanes) is 1. The van der Waals surface area contributed by atoms with Crippen LogP contribution in [0.3, 0.4) is 0 Å². The van der Waals surface area contributed by atoms with Crippen LogP contribution in [0, 0.1) is 11.3 Å². The molecule has 0 saturated heterocycles. The molecule has 176 valence electrons. The minimum absolute atomic E-state index is 0.0257. The molecule has 3 heterocycles. The first-order valence-electron chi connectivity index (χ1n) is 11.6. The highest BCUT2D eigenvalue weighted by Gasteiger charge is 2.19. The Balaban J connectivity index is 1.51. The minimum atomic E-state index is -0.0771. The van der Waals surface area contributed by atoms with E-state index in [4.69, 9.17) is 5.26 Å². The highest BCUT2D eigenvalue weighted by atomic mass is 32.2. The summed E-state index contributed by atoms with van der Waals surface area (Å²) < 4.78 is 5.51. The third-order valence-corrected chi connectivity index (χ3v) is 7.03. The summed E-state index contributed by atoms with van der Waals surface area (Å²) in [5.41, 5.74) is 2.22. The average Bonchev–Trinajstić information content (AvgIpc) is 3.48. The van der Waals surface area contributed by atoms with Crippen LogP contribution in [0.1, 0.15) is 36.5 Å². The van der Waals surface area contributed by atoms with Crippen LogP contribution in [0.5, 0.6) is 0 Å². The van der Waals surface area contributed by atoms with Crippen LogP contribution in [0.2, 0.25) is 0 Å². The number of thioether (sulfide) groups is 1. The van der Waals surface area contributed by atoms with Crippen molar-refractivity contribution in [2.24, 2.45) is 0 Å². The number of carbonyl (C=O) groups is 1.